The van der Waals surface area contributed by atoms with Gasteiger partial charge in [0, 0.05) is 45.4 Å². The maximum atomic E-state index is 13.7. The summed E-state index contributed by atoms with van der Waals surface area (Å²) in [5.74, 6) is -0.206. The third-order valence-electron chi connectivity index (χ3n) is 7.62. The number of likely N-dealkylation sites (N-methyl/N-ethyl adjacent to an activating group) is 1. The van der Waals surface area contributed by atoms with Crippen LogP contribution in [0.1, 0.15) is 38.4 Å². The van der Waals surface area contributed by atoms with Crippen molar-refractivity contribution in [2.45, 2.75) is 18.9 Å². The SMILES string of the molecule is COC[C@H]1CCCN1NC(=O)Nc1cccc2c1C(=O)c1c(-c3ccc(C(=O)N4CCN(C)CC4)s3)n[nH]c1-2. The van der Waals surface area contributed by atoms with E-state index >= 15 is 0 Å². The van der Waals surface area contributed by atoms with Crippen molar-refractivity contribution in [3.8, 4) is 21.8 Å². The standard InChI is InChI=1S/C27H31N7O4S/c1-32-11-13-33(14-12-32)26(36)20-9-8-19(39-20)24-22-23(29-30-24)17-6-3-7-18(21(17)25(22)35)28-27(37)31-34-10-4-5-16(34)15-38-2/h3,6-9,16H,4-5,10-15H2,1-2H3,(H,29,30)(H2,28,31,37)/t16-/m1/s1. The second kappa shape index (κ2) is 10.5. The Bertz CT molecular complexity index is 1430. The first-order chi connectivity index (χ1) is 18.9. The van der Waals surface area contributed by atoms with E-state index in [0.717, 1.165) is 37.4 Å². The van der Waals surface area contributed by atoms with Gasteiger partial charge >= 0.3 is 6.03 Å². The summed E-state index contributed by atoms with van der Waals surface area (Å²) in [6.07, 6.45) is 1.92. The maximum absolute atomic E-state index is 13.7. The molecule has 2 fully saturated rings. The minimum absolute atomic E-state index is 0.00406. The number of aromatic amines is 1. The quantitative estimate of drug-likeness (QED) is 0.338. The Morgan fingerprint density at radius 2 is 1.95 bits per heavy atom. The zero-order valence-electron chi connectivity index (χ0n) is 22.0. The molecule has 6 rings (SSSR count). The number of carbonyl (C=O) groups excluding carboxylic acids is 3. The zero-order valence-corrected chi connectivity index (χ0v) is 22.8. The second-order valence-electron chi connectivity index (χ2n) is 10.1. The number of H-pyrrole nitrogens is 1. The molecule has 3 N–H and O–H groups in total. The molecule has 2 saturated heterocycles. The van der Waals surface area contributed by atoms with Crippen LogP contribution in [0, 0.1) is 0 Å². The molecule has 1 aromatic carbocycles. The van der Waals surface area contributed by atoms with E-state index in [1.807, 2.05) is 22.0 Å². The summed E-state index contributed by atoms with van der Waals surface area (Å²) < 4.78 is 5.26. The first kappa shape index (κ1) is 25.7. The predicted octanol–water partition coefficient (Wildman–Crippen LogP) is 2.88. The molecule has 0 unspecified atom stereocenters. The number of fused-ring (bicyclic) bond motifs is 3. The number of anilines is 1. The van der Waals surface area contributed by atoms with E-state index in [2.05, 4.69) is 32.9 Å². The van der Waals surface area contributed by atoms with E-state index < -0.39 is 6.03 Å². The molecule has 0 spiro atoms. The predicted molar refractivity (Wildman–Crippen MR) is 148 cm³/mol. The van der Waals surface area contributed by atoms with Gasteiger partial charge in [0.2, 0.25) is 0 Å². The van der Waals surface area contributed by atoms with E-state index in [9.17, 15) is 14.4 Å². The number of piperazine rings is 1. The molecule has 0 bridgehead atoms. The van der Waals surface area contributed by atoms with Crippen molar-refractivity contribution in [1.29, 1.82) is 0 Å². The lowest BCUT2D eigenvalue weighted by molar-refractivity contribution is 0.0669. The Kier molecular flexibility index (Phi) is 6.94. The summed E-state index contributed by atoms with van der Waals surface area (Å²) in [5.41, 5.74) is 6.05. The molecule has 11 nitrogen and oxygen atoms in total. The molecule has 2 aliphatic heterocycles. The number of methoxy groups -OCH3 is 1. The number of amides is 3. The summed E-state index contributed by atoms with van der Waals surface area (Å²) in [4.78, 5) is 45.1. The second-order valence-corrected chi connectivity index (χ2v) is 11.2. The maximum Gasteiger partial charge on any atom is 0.333 e. The molecule has 12 heteroatoms. The van der Waals surface area contributed by atoms with Crippen molar-refractivity contribution in [2.24, 2.45) is 0 Å². The summed E-state index contributed by atoms with van der Waals surface area (Å²) in [7, 11) is 3.70. The molecule has 3 aromatic rings. The number of nitrogens with one attached hydrogen (secondary N) is 3. The van der Waals surface area contributed by atoms with Gasteiger partial charge in [-0.05, 0) is 38.1 Å². The summed E-state index contributed by atoms with van der Waals surface area (Å²) in [5, 5.41) is 12.2. The highest BCUT2D eigenvalue weighted by Gasteiger charge is 2.36. The number of benzene rings is 1. The number of thiophene rings is 1. The molecule has 0 saturated carbocycles. The minimum atomic E-state index is -0.404. The van der Waals surface area contributed by atoms with E-state index in [1.54, 1.807) is 25.3 Å². The molecule has 1 atom stereocenters. The number of hydrogen-bond acceptors (Lipinski definition) is 8. The smallest absolute Gasteiger partial charge is 0.333 e. The average Bonchev–Trinajstić information content (AvgIpc) is 3.71. The average molecular weight is 550 g/mol. The Hall–Kier alpha value is -3.58. The highest BCUT2D eigenvalue weighted by molar-refractivity contribution is 7.17. The number of ketones is 1. The van der Waals surface area contributed by atoms with Crippen LogP contribution < -0.4 is 10.7 Å². The highest BCUT2D eigenvalue weighted by atomic mass is 32.1. The van der Waals surface area contributed by atoms with Gasteiger partial charge in [-0.15, -0.1) is 11.3 Å². The van der Waals surface area contributed by atoms with Crippen molar-refractivity contribution in [2.75, 3.05) is 58.8 Å². The van der Waals surface area contributed by atoms with Crippen LogP contribution in [0.15, 0.2) is 30.3 Å². The van der Waals surface area contributed by atoms with Crippen molar-refractivity contribution in [1.82, 2.24) is 30.4 Å². The molecule has 39 heavy (non-hydrogen) atoms. The molecule has 204 valence electrons. The van der Waals surface area contributed by atoms with Crippen molar-refractivity contribution in [3.05, 3.63) is 46.3 Å². The number of nitrogens with zero attached hydrogens (tertiary/aromatic N) is 4. The molecule has 4 heterocycles. The number of hydrazine groups is 1. The Morgan fingerprint density at radius 1 is 1.13 bits per heavy atom. The van der Waals surface area contributed by atoms with Gasteiger partial charge in [-0.3, -0.25) is 20.1 Å². The van der Waals surface area contributed by atoms with Gasteiger partial charge in [0.1, 0.15) is 5.69 Å². The van der Waals surface area contributed by atoms with Crippen LogP contribution in [0.3, 0.4) is 0 Å². The largest absolute Gasteiger partial charge is 0.383 e. The van der Waals surface area contributed by atoms with E-state index in [1.165, 1.54) is 11.3 Å². The molecule has 3 amide bonds. The van der Waals surface area contributed by atoms with Crippen LogP contribution in [-0.4, -0.2) is 102 Å². The van der Waals surface area contributed by atoms with Gasteiger partial charge in [0.25, 0.3) is 5.91 Å². The number of aromatic nitrogens is 2. The van der Waals surface area contributed by atoms with Gasteiger partial charge in [-0.2, -0.15) is 5.10 Å². The third-order valence-corrected chi connectivity index (χ3v) is 8.70. The molecule has 1 aliphatic carbocycles. The third kappa shape index (κ3) is 4.73. The number of carbonyl (C=O) groups is 3. The molecule has 2 aromatic heterocycles. The number of ether oxygens (including phenoxy) is 1. The van der Waals surface area contributed by atoms with Crippen LogP contribution in [0.5, 0.6) is 0 Å². The first-order valence-electron chi connectivity index (χ1n) is 13.1. The van der Waals surface area contributed by atoms with Crippen molar-refractivity contribution in [3.63, 3.8) is 0 Å². The van der Waals surface area contributed by atoms with Crippen molar-refractivity contribution >= 4 is 34.7 Å². The lowest BCUT2D eigenvalue weighted by atomic mass is 10.1. The summed E-state index contributed by atoms with van der Waals surface area (Å²) in [6, 6.07) is 8.74. The fourth-order valence-corrected chi connectivity index (χ4v) is 6.52. The number of urea groups is 1. The number of rotatable bonds is 6. The molecular weight excluding hydrogens is 518 g/mol. The molecule has 3 aliphatic rings. The lowest BCUT2D eigenvalue weighted by Crippen LogP contribution is -2.48. The van der Waals surface area contributed by atoms with Crippen LogP contribution in [-0.2, 0) is 4.74 Å². The highest BCUT2D eigenvalue weighted by Crippen LogP contribution is 2.44. The fraction of sp³-hybridized carbons (Fsp3) is 0.407. The van der Waals surface area contributed by atoms with Crippen LogP contribution in [0.2, 0.25) is 0 Å². The van der Waals surface area contributed by atoms with Crippen molar-refractivity contribution < 1.29 is 19.1 Å². The zero-order chi connectivity index (χ0) is 27.1. The summed E-state index contributed by atoms with van der Waals surface area (Å²) in [6.45, 7) is 4.38. The van der Waals surface area contributed by atoms with E-state index in [4.69, 9.17) is 4.74 Å². The Morgan fingerprint density at radius 3 is 2.74 bits per heavy atom. The normalized spacial score (nSPS) is 19.3. The van der Waals surface area contributed by atoms with Gasteiger partial charge in [0.05, 0.1) is 44.9 Å². The summed E-state index contributed by atoms with van der Waals surface area (Å²) >= 11 is 1.34. The van der Waals surface area contributed by atoms with Gasteiger partial charge in [-0.25, -0.2) is 9.80 Å². The van der Waals surface area contributed by atoms with Crippen LogP contribution in [0.25, 0.3) is 21.8 Å². The number of hydrogen-bond donors (Lipinski definition) is 3. The topological polar surface area (TPSA) is 123 Å². The molecule has 0 radical (unpaired) electrons. The lowest BCUT2D eigenvalue weighted by Gasteiger charge is -2.32. The monoisotopic (exact) mass is 549 g/mol. The van der Waals surface area contributed by atoms with Gasteiger partial charge < -0.3 is 19.9 Å². The van der Waals surface area contributed by atoms with Crippen LogP contribution in [0.4, 0.5) is 10.5 Å². The van der Waals surface area contributed by atoms with Gasteiger partial charge in [0.15, 0.2) is 5.78 Å². The fourth-order valence-electron chi connectivity index (χ4n) is 5.55. The van der Waals surface area contributed by atoms with E-state index in [-0.39, 0.29) is 17.7 Å². The van der Waals surface area contributed by atoms with E-state index in [0.29, 0.717) is 58.3 Å². The van der Waals surface area contributed by atoms with Crippen LogP contribution >= 0.6 is 11.3 Å². The Balaban J connectivity index is 1.21. The Labute approximate surface area is 230 Å². The minimum Gasteiger partial charge on any atom is -0.383 e. The first-order valence-corrected chi connectivity index (χ1v) is 13.9. The van der Waals surface area contributed by atoms with Gasteiger partial charge in [-0.1, -0.05) is 12.1 Å². The molecular formula is C27H31N7O4S.